The fraction of sp³-hybridized carbons (Fsp3) is 0. The lowest BCUT2D eigenvalue weighted by Gasteiger charge is -1.88. The van der Waals surface area contributed by atoms with Gasteiger partial charge in [-0.3, -0.25) is 10.1 Å². The molecule has 0 unspecified atom stereocenters. The number of amides is 1. The van der Waals surface area contributed by atoms with Gasteiger partial charge in [0.2, 0.25) is 0 Å². The fourth-order valence-corrected chi connectivity index (χ4v) is 1.15. The van der Waals surface area contributed by atoms with Crippen molar-refractivity contribution in [1.29, 1.82) is 5.26 Å². The molecule has 0 radical (unpaired) electrons. The van der Waals surface area contributed by atoms with Crippen LogP contribution in [0.2, 0.25) is 0 Å². The van der Waals surface area contributed by atoms with Crippen LogP contribution in [0.4, 0.5) is 0 Å². The Morgan fingerprint density at radius 3 is 3.10 bits per heavy atom. The van der Waals surface area contributed by atoms with Gasteiger partial charge in [0.05, 0.1) is 5.56 Å². The molecule has 0 aromatic carbocycles. The monoisotopic (exact) mass is 152 g/mol. The average Bonchev–Trinajstić information content (AvgIpc) is 2.38. The Labute approximate surface area is 61.9 Å². The average molecular weight is 152 g/mol. The highest BCUT2D eigenvalue weighted by molar-refractivity contribution is 7.08. The molecule has 1 amide bonds. The molecule has 50 valence electrons. The summed E-state index contributed by atoms with van der Waals surface area (Å²) in [5.41, 5.74) is 0.534. The maximum absolute atomic E-state index is 10.8. The van der Waals surface area contributed by atoms with Crippen molar-refractivity contribution in [2.75, 3.05) is 0 Å². The Bertz CT molecular complexity index is 260. The summed E-state index contributed by atoms with van der Waals surface area (Å²) < 4.78 is 0. The minimum absolute atomic E-state index is 0.344. The summed E-state index contributed by atoms with van der Waals surface area (Å²) in [4.78, 5) is 10.8. The molecule has 1 heterocycles. The van der Waals surface area contributed by atoms with Gasteiger partial charge in [-0.15, -0.1) is 0 Å². The molecule has 0 aliphatic carbocycles. The van der Waals surface area contributed by atoms with E-state index in [0.717, 1.165) is 0 Å². The Morgan fingerprint density at radius 1 is 1.80 bits per heavy atom. The number of nitrogens with one attached hydrogen (secondary N) is 1. The number of nitriles is 1. The van der Waals surface area contributed by atoms with Gasteiger partial charge in [-0.1, -0.05) is 0 Å². The molecular weight excluding hydrogens is 148 g/mol. The Morgan fingerprint density at radius 2 is 2.60 bits per heavy atom. The van der Waals surface area contributed by atoms with E-state index in [1.165, 1.54) is 11.3 Å². The highest BCUT2D eigenvalue weighted by Crippen LogP contribution is 2.04. The Balaban J connectivity index is 2.71. The van der Waals surface area contributed by atoms with E-state index < -0.39 is 0 Å². The molecule has 10 heavy (non-hydrogen) atoms. The third kappa shape index (κ3) is 1.33. The standard InChI is InChI=1S/C6H4N2OS/c7-4-8-6(9)5-1-2-10-3-5/h1-3H,(H,8,9). The van der Waals surface area contributed by atoms with Crippen LogP contribution < -0.4 is 5.32 Å². The van der Waals surface area contributed by atoms with Crippen LogP contribution in [-0.2, 0) is 0 Å². The number of rotatable bonds is 1. The predicted octanol–water partition coefficient (Wildman–Crippen LogP) is 0.959. The van der Waals surface area contributed by atoms with E-state index in [9.17, 15) is 4.79 Å². The van der Waals surface area contributed by atoms with E-state index in [2.05, 4.69) is 0 Å². The first-order valence-corrected chi connectivity index (χ1v) is 3.50. The van der Waals surface area contributed by atoms with Crippen LogP contribution in [0.5, 0.6) is 0 Å². The second-order valence-electron chi connectivity index (χ2n) is 1.58. The zero-order valence-corrected chi connectivity index (χ0v) is 5.81. The molecule has 0 atom stereocenters. The molecule has 0 fully saturated rings. The molecule has 0 aliphatic heterocycles. The van der Waals surface area contributed by atoms with Gasteiger partial charge in [-0.05, 0) is 11.4 Å². The Hall–Kier alpha value is -1.34. The van der Waals surface area contributed by atoms with E-state index in [4.69, 9.17) is 5.26 Å². The van der Waals surface area contributed by atoms with Crippen LogP contribution in [0.25, 0.3) is 0 Å². The predicted molar refractivity (Wildman–Crippen MR) is 37.4 cm³/mol. The molecule has 1 aromatic heterocycles. The third-order valence-electron chi connectivity index (χ3n) is 0.953. The van der Waals surface area contributed by atoms with Gasteiger partial charge < -0.3 is 0 Å². The summed E-state index contributed by atoms with van der Waals surface area (Å²) in [7, 11) is 0. The quantitative estimate of drug-likeness (QED) is 0.481. The maximum atomic E-state index is 10.8. The first-order valence-electron chi connectivity index (χ1n) is 2.56. The van der Waals surface area contributed by atoms with Gasteiger partial charge in [0, 0.05) is 5.38 Å². The molecule has 0 aliphatic rings. The van der Waals surface area contributed by atoms with E-state index in [-0.39, 0.29) is 5.91 Å². The van der Waals surface area contributed by atoms with Gasteiger partial charge in [-0.25, -0.2) is 0 Å². The van der Waals surface area contributed by atoms with Crippen molar-refractivity contribution in [3.05, 3.63) is 22.4 Å². The van der Waals surface area contributed by atoms with Gasteiger partial charge in [-0.2, -0.15) is 16.6 Å². The summed E-state index contributed by atoms with van der Waals surface area (Å²) in [6, 6.07) is 1.66. The van der Waals surface area contributed by atoms with Crippen LogP contribution in [0.1, 0.15) is 10.4 Å². The van der Waals surface area contributed by atoms with Crippen molar-refractivity contribution in [3.8, 4) is 6.19 Å². The molecule has 0 saturated heterocycles. The second-order valence-corrected chi connectivity index (χ2v) is 2.36. The normalized spacial score (nSPS) is 8.30. The lowest BCUT2D eigenvalue weighted by atomic mass is 10.3. The lowest BCUT2D eigenvalue weighted by Crippen LogP contribution is -2.16. The van der Waals surface area contributed by atoms with Gasteiger partial charge >= 0.3 is 0 Å². The summed E-state index contributed by atoms with van der Waals surface area (Å²) in [5.74, 6) is -0.344. The van der Waals surface area contributed by atoms with Crippen molar-refractivity contribution in [1.82, 2.24) is 5.32 Å². The third-order valence-corrected chi connectivity index (χ3v) is 1.64. The fourth-order valence-electron chi connectivity index (χ4n) is 0.517. The van der Waals surface area contributed by atoms with Crippen molar-refractivity contribution >= 4 is 17.2 Å². The van der Waals surface area contributed by atoms with Crippen molar-refractivity contribution in [2.24, 2.45) is 0 Å². The number of hydrogen-bond donors (Lipinski definition) is 1. The van der Waals surface area contributed by atoms with Crippen LogP contribution in [0.15, 0.2) is 16.8 Å². The Kier molecular flexibility index (Phi) is 2.03. The molecule has 0 spiro atoms. The van der Waals surface area contributed by atoms with Crippen molar-refractivity contribution in [3.63, 3.8) is 0 Å². The number of carbonyl (C=O) groups excluding carboxylic acids is 1. The maximum Gasteiger partial charge on any atom is 0.265 e. The van der Waals surface area contributed by atoms with E-state index in [1.54, 1.807) is 23.0 Å². The molecule has 3 nitrogen and oxygen atoms in total. The highest BCUT2D eigenvalue weighted by atomic mass is 32.1. The minimum Gasteiger partial charge on any atom is -0.268 e. The largest absolute Gasteiger partial charge is 0.268 e. The van der Waals surface area contributed by atoms with Crippen LogP contribution in [-0.4, -0.2) is 5.91 Å². The van der Waals surface area contributed by atoms with E-state index in [0.29, 0.717) is 5.56 Å². The van der Waals surface area contributed by atoms with Gasteiger partial charge in [0.15, 0.2) is 6.19 Å². The summed E-state index contributed by atoms with van der Waals surface area (Å²) in [5, 5.41) is 13.5. The smallest absolute Gasteiger partial charge is 0.265 e. The minimum atomic E-state index is -0.344. The molecule has 0 bridgehead atoms. The number of thiophene rings is 1. The topological polar surface area (TPSA) is 52.9 Å². The molecular formula is C6H4N2OS. The zero-order chi connectivity index (χ0) is 7.40. The lowest BCUT2D eigenvalue weighted by molar-refractivity contribution is 0.0973. The highest BCUT2D eigenvalue weighted by Gasteiger charge is 2.02. The van der Waals surface area contributed by atoms with Crippen LogP contribution in [0.3, 0.4) is 0 Å². The SMILES string of the molecule is N#CNC(=O)c1ccsc1. The summed E-state index contributed by atoms with van der Waals surface area (Å²) >= 11 is 1.42. The van der Waals surface area contributed by atoms with E-state index >= 15 is 0 Å². The van der Waals surface area contributed by atoms with Crippen molar-refractivity contribution < 1.29 is 4.79 Å². The zero-order valence-electron chi connectivity index (χ0n) is 5.00. The number of hydrogen-bond acceptors (Lipinski definition) is 3. The molecule has 0 saturated carbocycles. The van der Waals surface area contributed by atoms with Crippen molar-refractivity contribution in [2.45, 2.75) is 0 Å². The van der Waals surface area contributed by atoms with Gasteiger partial charge in [0.25, 0.3) is 5.91 Å². The van der Waals surface area contributed by atoms with Crippen LogP contribution in [0, 0.1) is 11.5 Å². The van der Waals surface area contributed by atoms with E-state index in [1.807, 2.05) is 5.32 Å². The number of nitrogens with zero attached hydrogens (tertiary/aromatic N) is 1. The number of carbonyl (C=O) groups is 1. The summed E-state index contributed by atoms with van der Waals surface area (Å²) in [6.07, 6.45) is 1.56. The molecule has 1 rings (SSSR count). The second kappa shape index (κ2) is 2.99. The molecule has 4 heteroatoms. The summed E-state index contributed by atoms with van der Waals surface area (Å²) in [6.45, 7) is 0. The van der Waals surface area contributed by atoms with Crippen LogP contribution >= 0.6 is 11.3 Å². The first-order chi connectivity index (χ1) is 4.84. The molecule has 1 N–H and O–H groups in total. The molecule has 1 aromatic rings. The first kappa shape index (κ1) is 6.78. The van der Waals surface area contributed by atoms with Gasteiger partial charge in [0.1, 0.15) is 0 Å².